The summed E-state index contributed by atoms with van der Waals surface area (Å²) in [5.41, 5.74) is 1.00. The van der Waals surface area contributed by atoms with Crippen molar-refractivity contribution in [3.05, 3.63) is 48.3 Å². The lowest BCUT2D eigenvalue weighted by atomic mass is 10.3. The Kier molecular flexibility index (Phi) is 3.61. The summed E-state index contributed by atoms with van der Waals surface area (Å²) in [6, 6.07) is 9.91. The predicted molar refractivity (Wildman–Crippen MR) is 68.1 cm³/mol. The van der Waals surface area contributed by atoms with E-state index in [2.05, 4.69) is 10.4 Å². The van der Waals surface area contributed by atoms with Crippen molar-refractivity contribution in [2.24, 2.45) is 0 Å². The van der Waals surface area contributed by atoms with E-state index < -0.39 is 17.9 Å². The number of hydrogen-bond donors (Lipinski definition) is 2. The molecule has 1 aromatic carbocycles. The molecule has 0 aliphatic heterocycles. The second-order valence-electron chi connectivity index (χ2n) is 4.01. The van der Waals surface area contributed by atoms with E-state index in [0.717, 1.165) is 5.69 Å². The van der Waals surface area contributed by atoms with E-state index in [9.17, 15) is 9.59 Å². The molecule has 1 amide bonds. The van der Waals surface area contributed by atoms with Crippen LogP contribution in [0.4, 0.5) is 0 Å². The number of aromatic nitrogens is 2. The third kappa shape index (κ3) is 2.98. The fraction of sp³-hybridized carbons (Fsp3) is 0.154. The first-order chi connectivity index (χ1) is 9.08. The van der Waals surface area contributed by atoms with Crippen LogP contribution in [0.25, 0.3) is 5.69 Å². The molecule has 1 heterocycles. The highest BCUT2D eigenvalue weighted by molar-refractivity contribution is 5.94. The topological polar surface area (TPSA) is 84.2 Å². The van der Waals surface area contributed by atoms with Gasteiger partial charge >= 0.3 is 5.97 Å². The smallest absolute Gasteiger partial charge is 0.325 e. The van der Waals surface area contributed by atoms with Crippen molar-refractivity contribution in [1.82, 2.24) is 15.1 Å². The molecule has 0 radical (unpaired) electrons. The molecular weight excluding hydrogens is 246 g/mol. The maximum Gasteiger partial charge on any atom is 0.325 e. The van der Waals surface area contributed by atoms with Crippen LogP contribution in [0.15, 0.2) is 42.6 Å². The van der Waals surface area contributed by atoms with Crippen LogP contribution in [0.2, 0.25) is 0 Å². The average Bonchev–Trinajstić information content (AvgIpc) is 2.89. The van der Waals surface area contributed by atoms with Crippen molar-refractivity contribution in [2.45, 2.75) is 13.0 Å². The Morgan fingerprint density at radius 2 is 1.95 bits per heavy atom. The zero-order valence-electron chi connectivity index (χ0n) is 10.3. The largest absolute Gasteiger partial charge is 0.480 e. The Hall–Kier alpha value is -2.63. The number of nitrogens with one attached hydrogen (secondary N) is 1. The first kappa shape index (κ1) is 12.8. The maximum atomic E-state index is 11.8. The second-order valence-corrected chi connectivity index (χ2v) is 4.01. The summed E-state index contributed by atoms with van der Waals surface area (Å²) in [6.07, 6.45) is 1.65. The molecule has 1 aromatic heterocycles. The van der Waals surface area contributed by atoms with Crippen LogP contribution in [0.5, 0.6) is 0 Å². The molecule has 1 atom stereocenters. The van der Waals surface area contributed by atoms with E-state index in [0.29, 0.717) is 0 Å². The number of amides is 1. The van der Waals surface area contributed by atoms with Gasteiger partial charge in [0.15, 0.2) is 5.69 Å². The average molecular weight is 259 g/mol. The zero-order chi connectivity index (χ0) is 13.8. The molecule has 6 heteroatoms. The van der Waals surface area contributed by atoms with Gasteiger partial charge in [-0.15, -0.1) is 0 Å². The fourth-order valence-corrected chi connectivity index (χ4v) is 1.50. The number of aliphatic carboxylic acids is 1. The number of benzene rings is 1. The molecule has 19 heavy (non-hydrogen) atoms. The van der Waals surface area contributed by atoms with Crippen LogP contribution < -0.4 is 5.32 Å². The van der Waals surface area contributed by atoms with Gasteiger partial charge in [0, 0.05) is 6.20 Å². The van der Waals surface area contributed by atoms with Crippen LogP contribution in [0.3, 0.4) is 0 Å². The molecule has 0 bridgehead atoms. The first-order valence-corrected chi connectivity index (χ1v) is 5.72. The van der Waals surface area contributed by atoms with E-state index in [1.807, 2.05) is 30.3 Å². The lowest BCUT2D eigenvalue weighted by molar-refractivity contribution is -0.138. The Morgan fingerprint density at radius 1 is 1.26 bits per heavy atom. The maximum absolute atomic E-state index is 11.8. The molecule has 2 rings (SSSR count). The van der Waals surface area contributed by atoms with Crippen LogP contribution in [0, 0.1) is 0 Å². The van der Waals surface area contributed by atoms with Gasteiger partial charge in [-0.3, -0.25) is 9.59 Å². The number of rotatable bonds is 4. The highest BCUT2D eigenvalue weighted by Gasteiger charge is 2.17. The van der Waals surface area contributed by atoms with Gasteiger partial charge in [-0.2, -0.15) is 5.10 Å². The van der Waals surface area contributed by atoms with E-state index in [1.54, 1.807) is 10.9 Å². The molecule has 2 aromatic rings. The number of para-hydroxylation sites is 1. The molecule has 0 fully saturated rings. The predicted octanol–water partition coefficient (Wildman–Crippen LogP) is 1.08. The standard InChI is InChI=1S/C13H13N3O3/c1-9(13(18)19)14-12(17)11-7-8-16(15-11)10-5-3-2-4-6-10/h2-9H,1H3,(H,14,17)(H,18,19)/t9-/m1/s1. The van der Waals surface area contributed by atoms with Crippen LogP contribution in [-0.2, 0) is 4.79 Å². The number of hydrogen-bond acceptors (Lipinski definition) is 3. The van der Waals surface area contributed by atoms with E-state index in [-0.39, 0.29) is 5.69 Å². The van der Waals surface area contributed by atoms with E-state index in [1.165, 1.54) is 13.0 Å². The highest BCUT2D eigenvalue weighted by atomic mass is 16.4. The summed E-state index contributed by atoms with van der Waals surface area (Å²) in [6.45, 7) is 1.40. The zero-order valence-corrected chi connectivity index (χ0v) is 10.3. The summed E-state index contributed by atoms with van der Waals surface area (Å²) in [5, 5.41) is 15.2. The number of carboxylic acid groups (broad SMARTS) is 1. The van der Waals surface area contributed by atoms with Crippen molar-refractivity contribution in [1.29, 1.82) is 0 Å². The van der Waals surface area contributed by atoms with Crippen molar-refractivity contribution in [2.75, 3.05) is 0 Å². The summed E-state index contributed by atoms with van der Waals surface area (Å²) >= 11 is 0. The monoisotopic (exact) mass is 259 g/mol. The summed E-state index contributed by atoms with van der Waals surface area (Å²) < 4.78 is 1.56. The second kappa shape index (κ2) is 5.34. The molecule has 98 valence electrons. The van der Waals surface area contributed by atoms with Gasteiger partial charge in [0.2, 0.25) is 0 Å². The van der Waals surface area contributed by atoms with Gasteiger partial charge < -0.3 is 10.4 Å². The lowest BCUT2D eigenvalue weighted by Crippen LogP contribution is -2.38. The molecule has 0 aliphatic carbocycles. The molecule has 0 unspecified atom stereocenters. The molecule has 2 N–H and O–H groups in total. The summed E-state index contributed by atoms with van der Waals surface area (Å²) in [7, 11) is 0. The van der Waals surface area contributed by atoms with E-state index >= 15 is 0 Å². The SMILES string of the molecule is C[C@@H](NC(=O)c1ccn(-c2ccccc2)n1)C(=O)O. The van der Waals surface area contributed by atoms with Crippen LogP contribution >= 0.6 is 0 Å². The van der Waals surface area contributed by atoms with Gasteiger partial charge in [-0.25, -0.2) is 4.68 Å². The third-order valence-corrected chi connectivity index (χ3v) is 2.56. The number of carbonyl (C=O) groups excluding carboxylic acids is 1. The first-order valence-electron chi connectivity index (χ1n) is 5.72. The van der Waals surface area contributed by atoms with Crippen molar-refractivity contribution in [3.63, 3.8) is 0 Å². The minimum Gasteiger partial charge on any atom is -0.480 e. The molecule has 0 saturated heterocycles. The Morgan fingerprint density at radius 3 is 2.58 bits per heavy atom. The number of nitrogens with zero attached hydrogens (tertiary/aromatic N) is 2. The lowest BCUT2D eigenvalue weighted by Gasteiger charge is -2.07. The van der Waals surface area contributed by atoms with Crippen molar-refractivity contribution >= 4 is 11.9 Å². The van der Waals surface area contributed by atoms with Gasteiger partial charge in [0.05, 0.1) is 5.69 Å². The fourth-order valence-electron chi connectivity index (χ4n) is 1.50. The van der Waals surface area contributed by atoms with Gasteiger partial charge in [0.25, 0.3) is 5.91 Å². The van der Waals surface area contributed by atoms with Gasteiger partial charge in [-0.1, -0.05) is 18.2 Å². The molecular formula is C13H13N3O3. The van der Waals surface area contributed by atoms with Crippen LogP contribution in [-0.4, -0.2) is 32.8 Å². The number of carbonyl (C=O) groups is 2. The molecule has 6 nitrogen and oxygen atoms in total. The highest BCUT2D eigenvalue weighted by Crippen LogP contribution is 2.06. The Balaban J connectivity index is 2.13. The minimum atomic E-state index is -1.09. The Bertz CT molecular complexity index is 592. The number of carboxylic acids is 1. The van der Waals surface area contributed by atoms with Crippen LogP contribution in [0.1, 0.15) is 17.4 Å². The summed E-state index contributed by atoms with van der Waals surface area (Å²) in [4.78, 5) is 22.4. The van der Waals surface area contributed by atoms with Gasteiger partial charge in [-0.05, 0) is 25.1 Å². The molecule has 0 saturated carbocycles. The molecule has 0 aliphatic rings. The normalized spacial score (nSPS) is 11.8. The quantitative estimate of drug-likeness (QED) is 0.860. The van der Waals surface area contributed by atoms with Crippen molar-refractivity contribution < 1.29 is 14.7 Å². The molecule has 0 spiro atoms. The Labute approximate surface area is 109 Å². The summed E-state index contributed by atoms with van der Waals surface area (Å²) in [5.74, 6) is -1.60. The van der Waals surface area contributed by atoms with E-state index in [4.69, 9.17) is 5.11 Å². The van der Waals surface area contributed by atoms with Crippen molar-refractivity contribution in [3.8, 4) is 5.69 Å². The third-order valence-electron chi connectivity index (χ3n) is 2.56. The minimum absolute atomic E-state index is 0.178. The van der Waals surface area contributed by atoms with Gasteiger partial charge in [0.1, 0.15) is 6.04 Å².